The molecule has 0 aromatic heterocycles. The molecule has 0 unspecified atom stereocenters. The van der Waals surface area contributed by atoms with E-state index in [2.05, 4.69) is 10.6 Å². The predicted octanol–water partition coefficient (Wildman–Crippen LogP) is 1.62. The molecule has 0 spiro atoms. The minimum atomic E-state index is -4.41. The zero-order valence-electron chi connectivity index (χ0n) is 8.77. The first-order valence-corrected chi connectivity index (χ1v) is 5.04. The third-order valence-corrected chi connectivity index (χ3v) is 2.34. The maximum absolute atomic E-state index is 11.8. The smallest absolute Gasteiger partial charge is 0.356 e. The zero-order valence-corrected chi connectivity index (χ0v) is 9.59. The molecule has 2 N–H and O–H groups in total. The average Bonchev–Trinajstić information content (AvgIpc) is 2.53. The highest BCUT2D eigenvalue weighted by molar-refractivity contribution is 5.85. The molecule has 96 valence electrons. The lowest BCUT2D eigenvalue weighted by molar-refractivity contribution is -0.153. The summed E-state index contributed by atoms with van der Waals surface area (Å²) >= 11 is 0. The number of hydrogen-bond donors (Lipinski definition) is 2. The first kappa shape index (κ1) is 15.5. The Morgan fingerprint density at radius 3 is 2.62 bits per heavy atom. The van der Waals surface area contributed by atoms with Gasteiger partial charge in [-0.2, -0.15) is 13.2 Å². The Kier molecular flexibility index (Phi) is 6.74. The van der Waals surface area contributed by atoms with E-state index in [1.54, 1.807) is 0 Å². The van der Waals surface area contributed by atoms with Gasteiger partial charge in [-0.05, 0) is 25.8 Å². The summed E-state index contributed by atoms with van der Waals surface area (Å²) < 4.78 is 35.3. The van der Waals surface area contributed by atoms with Gasteiger partial charge < -0.3 is 10.6 Å². The van der Waals surface area contributed by atoms with Gasteiger partial charge in [0.1, 0.15) is 6.42 Å². The van der Waals surface area contributed by atoms with Crippen molar-refractivity contribution in [3.63, 3.8) is 0 Å². The fraction of sp³-hybridized carbons (Fsp3) is 0.889. The van der Waals surface area contributed by atoms with Gasteiger partial charge in [-0.1, -0.05) is 0 Å². The fourth-order valence-electron chi connectivity index (χ4n) is 1.63. The van der Waals surface area contributed by atoms with Crippen LogP contribution in [-0.2, 0) is 4.79 Å². The second kappa shape index (κ2) is 6.96. The molecule has 0 aromatic rings. The van der Waals surface area contributed by atoms with Crippen molar-refractivity contribution in [3.8, 4) is 0 Å². The number of halogens is 4. The number of carbonyl (C=O) groups excluding carboxylic acids is 1. The third-order valence-electron chi connectivity index (χ3n) is 2.34. The second-order valence-electron chi connectivity index (χ2n) is 3.72. The SMILES string of the molecule is Cl.O=C(CC(F)(F)F)NCC[C@H]1CCCN1. The molecule has 16 heavy (non-hydrogen) atoms. The number of amides is 1. The van der Waals surface area contributed by atoms with Crippen molar-refractivity contribution in [1.82, 2.24) is 10.6 Å². The van der Waals surface area contributed by atoms with Gasteiger partial charge >= 0.3 is 6.18 Å². The molecule has 0 aromatic carbocycles. The van der Waals surface area contributed by atoms with Crippen LogP contribution in [0.15, 0.2) is 0 Å². The highest BCUT2D eigenvalue weighted by Crippen LogP contribution is 2.18. The van der Waals surface area contributed by atoms with Crippen molar-refractivity contribution >= 4 is 18.3 Å². The first-order chi connectivity index (χ1) is 6.97. The summed E-state index contributed by atoms with van der Waals surface area (Å²) in [6.45, 7) is 1.27. The first-order valence-electron chi connectivity index (χ1n) is 5.04. The Balaban J connectivity index is 0.00000225. The number of hydrogen-bond acceptors (Lipinski definition) is 2. The van der Waals surface area contributed by atoms with E-state index in [4.69, 9.17) is 0 Å². The number of carbonyl (C=O) groups is 1. The normalized spacial score (nSPS) is 20.3. The second-order valence-corrected chi connectivity index (χ2v) is 3.72. The predicted molar refractivity (Wildman–Crippen MR) is 56.6 cm³/mol. The number of alkyl halides is 3. The molecule has 0 aliphatic carbocycles. The molecule has 1 fully saturated rings. The highest BCUT2D eigenvalue weighted by atomic mass is 35.5. The number of rotatable bonds is 4. The quantitative estimate of drug-likeness (QED) is 0.807. The van der Waals surface area contributed by atoms with Crippen LogP contribution in [0.3, 0.4) is 0 Å². The van der Waals surface area contributed by atoms with Gasteiger partial charge in [-0.25, -0.2) is 0 Å². The van der Waals surface area contributed by atoms with Crippen LogP contribution >= 0.6 is 12.4 Å². The Morgan fingerprint density at radius 1 is 1.44 bits per heavy atom. The van der Waals surface area contributed by atoms with E-state index in [0.717, 1.165) is 19.4 Å². The van der Waals surface area contributed by atoms with E-state index in [-0.39, 0.29) is 12.4 Å². The summed E-state index contributed by atoms with van der Waals surface area (Å²) in [5.41, 5.74) is 0. The van der Waals surface area contributed by atoms with Crippen molar-refractivity contribution in [2.75, 3.05) is 13.1 Å². The summed E-state index contributed by atoms with van der Waals surface area (Å²) in [5, 5.41) is 5.47. The third kappa shape index (κ3) is 6.90. The van der Waals surface area contributed by atoms with Crippen molar-refractivity contribution in [3.05, 3.63) is 0 Å². The summed E-state index contributed by atoms with van der Waals surface area (Å²) in [4.78, 5) is 10.8. The highest BCUT2D eigenvalue weighted by Gasteiger charge is 2.30. The summed E-state index contributed by atoms with van der Waals surface area (Å²) in [5.74, 6) is -0.944. The standard InChI is InChI=1S/C9H15F3N2O.ClH/c10-9(11,12)6-8(15)14-5-3-7-2-1-4-13-7;/h7,13H,1-6H2,(H,14,15);1H/t7-;/m1./s1. The van der Waals surface area contributed by atoms with Crippen LogP contribution in [0.4, 0.5) is 13.2 Å². The minimum Gasteiger partial charge on any atom is -0.356 e. The molecule has 1 aliphatic rings. The molecule has 1 aliphatic heterocycles. The van der Waals surface area contributed by atoms with E-state index < -0.39 is 18.5 Å². The number of nitrogens with one attached hydrogen (secondary N) is 2. The van der Waals surface area contributed by atoms with E-state index in [9.17, 15) is 18.0 Å². The van der Waals surface area contributed by atoms with Gasteiger partial charge in [-0.15, -0.1) is 12.4 Å². The zero-order chi connectivity index (χ0) is 11.3. The van der Waals surface area contributed by atoms with Gasteiger partial charge in [0.25, 0.3) is 0 Å². The monoisotopic (exact) mass is 260 g/mol. The molecule has 0 radical (unpaired) electrons. The van der Waals surface area contributed by atoms with Gasteiger partial charge in [0.05, 0.1) is 0 Å². The van der Waals surface area contributed by atoms with E-state index in [1.807, 2.05) is 0 Å². The Labute approximate surface area is 98.6 Å². The van der Waals surface area contributed by atoms with Crippen molar-refractivity contribution < 1.29 is 18.0 Å². The van der Waals surface area contributed by atoms with Gasteiger partial charge in [0.15, 0.2) is 0 Å². The molecule has 0 bridgehead atoms. The summed E-state index contributed by atoms with van der Waals surface area (Å²) in [6.07, 6.45) is -2.96. The van der Waals surface area contributed by atoms with E-state index in [0.29, 0.717) is 19.0 Å². The summed E-state index contributed by atoms with van der Waals surface area (Å²) in [6, 6.07) is 0.344. The molecule has 7 heteroatoms. The van der Waals surface area contributed by atoms with Crippen LogP contribution in [0.1, 0.15) is 25.7 Å². The van der Waals surface area contributed by atoms with Crippen LogP contribution in [0.5, 0.6) is 0 Å². The van der Waals surface area contributed by atoms with Crippen LogP contribution < -0.4 is 10.6 Å². The van der Waals surface area contributed by atoms with Crippen molar-refractivity contribution in [2.24, 2.45) is 0 Å². The topological polar surface area (TPSA) is 41.1 Å². The molecule has 1 saturated heterocycles. The van der Waals surface area contributed by atoms with Gasteiger partial charge in [0.2, 0.25) is 5.91 Å². The molecule has 3 nitrogen and oxygen atoms in total. The van der Waals surface area contributed by atoms with E-state index in [1.165, 1.54) is 0 Å². The molecule has 1 rings (SSSR count). The molecular formula is C9H16ClF3N2O. The lowest BCUT2D eigenvalue weighted by atomic mass is 10.1. The fourth-order valence-corrected chi connectivity index (χ4v) is 1.63. The van der Waals surface area contributed by atoms with Gasteiger partial charge in [0, 0.05) is 12.6 Å². The average molecular weight is 261 g/mol. The summed E-state index contributed by atoms with van der Waals surface area (Å²) in [7, 11) is 0. The molecule has 1 heterocycles. The van der Waals surface area contributed by atoms with Crippen LogP contribution in [0, 0.1) is 0 Å². The maximum Gasteiger partial charge on any atom is 0.397 e. The lowest BCUT2D eigenvalue weighted by Crippen LogP contribution is -2.32. The van der Waals surface area contributed by atoms with Crippen molar-refractivity contribution in [1.29, 1.82) is 0 Å². The molecule has 1 atom stereocenters. The Morgan fingerprint density at radius 2 is 2.12 bits per heavy atom. The Hall–Kier alpha value is -0.490. The molecular weight excluding hydrogens is 245 g/mol. The van der Waals surface area contributed by atoms with Crippen LogP contribution in [0.2, 0.25) is 0 Å². The minimum absolute atomic E-state index is 0. The molecule has 0 saturated carbocycles. The lowest BCUT2D eigenvalue weighted by Gasteiger charge is -2.11. The van der Waals surface area contributed by atoms with Crippen LogP contribution in [-0.4, -0.2) is 31.2 Å². The largest absolute Gasteiger partial charge is 0.397 e. The van der Waals surface area contributed by atoms with E-state index >= 15 is 0 Å². The maximum atomic E-state index is 11.8. The van der Waals surface area contributed by atoms with Gasteiger partial charge in [-0.3, -0.25) is 4.79 Å². The Bertz CT molecular complexity index is 217. The van der Waals surface area contributed by atoms with Crippen LogP contribution in [0.25, 0.3) is 0 Å². The van der Waals surface area contributed by atoms with Crippen molar-refractivity contribution in [2.45, 2.75) is 37.9 Å². The molecule has 1 amide bonds.